The van der Waals surface area contributed by atoms with Crippen LogP contribution in [0.5, 0.6) is 0 Å². The van der Waals surface area contributed by atoms with Crippen LogP contribution in [0.15, 0.2) is 30.3 Å². The quantitative estimate of drug-likeness (QED) is 0.565. The molecule has 0 radical (unpaired) electrons. The Labute approximate surface area is 59.5 Å². The Morgan fingerprint density at radius 3 is 2.11 bits per heavy atom. The maximum absolute atomic E-state index is 4.85. The molecule has 1 nitrogen and oxygen atoms in total. The minimum Gasteiger partial charge on any atom is -0.315 e. The summed E-state index contributed by atoms with van der Waals surface area (Å²) < 4.78 is 0. The molecule has 1 aromatic rings. The van der Waals surface area contributed by atoms with E-state index < -0.39 is 0 Å². The van der Waals surface area contributed by atoms with Crippen molar-refractivity contribution >= 4 is 17.2 Å². The minimum absolute atomic E-state index is 0.704. The van der Waals surface area contributed by atoms with E-state index in [1.165, 1.54) is 0 Å². The van der Waals surface area contributed by atoms with Gasteiger partial charge in [0.15, 0.2) is 0 Å². The van der Waals surface area contributed by atoms with Crippen molar-refractivity contribution in [2.45, 2.75) is 0 Å². The van der Waals surface area contributed by atoms with Gasteiger partial charge in [-0.25, -0.2) is 0 Å². The van der Waals surface area contributed by atoms with Gasteiger partial charge >= 0.3 is 0 Å². The third-order valence-electron chi connectivity index (χ3n) is 1.10. The number of hydrogen-bond acceptors (Lipinski definition) is 1. The Kier molecular flexibility index (Phi) is 1.92. The van der Waals surface area contributed by atoms with Crippen LogP contribution in [0.1, 0.15) is 5.56 Å². The number of rotatable bonds is 1. The van der Waals surface area contributed by atoms with Crippen LogP contribution in [0.25, 0.3) is 0 Å². The first-order chi connectivity index (χ1) is 4.30. The van der Waals surface area contributed by atoms with Gasteiger partial charge in [0.1, 0.15) is 0 Å². The molecule has 0 bridgehead atoms. The molecule has 0 aliphatic rings. The van der Waals surface area contributed by atoms with Gasteiger partial charge < -0.3 is 5.73 Å². The molecule has 0 saturated heterocycles. The summed E-state index contributed by atoms with van der Waals surface area (Å²) in [7, 11) is 0. The summed E-state index contributed by atoms with van der Waals surface area (Å²) in [6.07, 6.45) is 0. The molecular formula is C7H8NS+. The van der Waals surface area contributed by atoms with Crippen molar-refractivity contribution in [3.05, 3.63) is 35.9 Å². The normalized spacial score (nSPS) is 9.00. The Bertz CT molecular complexity index is 205. The first-order valence-corrected chi connectivity index (χ1v) is 3.13. The van der Waals surface area contributed by atoms with Crippen LogP contribution in [0.2, 0.25) is 0 Å². The second kappa shape index (κ2) is 2.71. The van der Waals surface area contributed by atoms with Gasteiger partial charge in [-0.1, -0.05) is 18.2 Å². The zero-order valence-corrected chi connectivity index (χ0v) is 5.82. The standard InChI is InChI=1S/C7H7NS/c8-7(9)6-4-2-1-3-5-6/h1-5H,(H2,8,9)/p+1. The lowest BCUT2D eigenvalue weighted by atomic mass is 10.2. The van der Waals surface area contributed by atoms with Crippen LogP contribution < -0.4 is 5.73 Å². The topological polar surface area (TPSA) is 27.6 Å². The highest BCUT2D eigenvalue weighted by Crippen LogP contribution is 1.95. The molecule has 0 aliphatic carbocycles. The average molecular weight is 138 g/mol. The smallest absolute Gasteiger partial charge is 0.200 e. The summed E-state index contributed by atoms with van der Waals surface area (Å²) >= 11 is 4.85. The van der Waals surface area contributed by atoms with Crippen molar-refractivity contribution in [2.24, 2.45) is 0 Å². The lowest BCUT2D eigenvalue weighted by molar-refractivity contribution is -0.206. The van der Waals surface area contributed by atoms with Gasteiger partial charge in [0.05, 0.1) is 0 Å². The van der Waals surface area contributed by atoms with E-state index in [1.807, 2.05) is 30.3 Å². The first kappa shape index (κ1) is 6.39. The first-order valence-electron chi connectivity index (χ1n) is 2.72. The Morgan fingerprint density at radius 1 is 1.22 bits per heavy atom. The molecule has 0 saturated carbocycles. The number of quaternary nitrogens is 1. The van der Waals surface area contributed by atoms with Gasteiger partial charge in [0.25, 0.3) is 0 Å². The summed E-state index contributed by atoms with van der Waals surface area (Å²) in [6, 6.07) is 9.77. The van der Waals surface area contributed by atoms with Gasteiger partial charge in [-0.05, 0) is 24.4 Å². The Hall–Kier alpha value is -0.730. The summed E-state index contributed by atoms with van der Waals surface area (Å²) in [5, 5.41) is 0. The van der Waals surface area contributed by atoms with E-state index in [0.717, 1.165) is 5.56 Å². The molecule has 1 aromatic carbocycles. The van der Waals surface area contributed by atoms with Crippen molar-refractivity contribution in [3.8, 4) is 0 Å². The van der Waals surface area contributed by atoms with Crippen molar-refractivity contribution in [2.75, 3.05) is 0 Å². The van der Waals surface area contributed by atoms with Crippen molar-refractivity contribution in [1.82, 2.24) is 0 Å². The molecule has 2 heteroatoms. The van der Waals surface area contributed by atoms with Crippen LogP contribution in [0.4, 0.5) is 0 Å². The molecular weight excluding hydrogens is 130 g/mol. The average Bonchev–Trinajstić information content (AvgIpc) is 1.90. The third-order valence-corrected chi connectivity index (χ3v) is 1.33. The number of thiocarbonyl (C=S) groups is 1. The lowest BCUT2D eigenvalue weighted by Gasteiger charge is -1.88. The highest BCUT2D eigenvalue weighted by molar-refractivity contribution is 7.80. The number of hydrogen-bond donors (Lipinski definition) is 1. The molecule has 3 N–H and O–H groups in total. The largest absolute Gasteiger partial charge is 0.315 e. The SMILES string of the molecule is [NH3+]C(=S)c1ccccc1. The molecule has 46 valence electrons. The highest BCUT2D eigenvalue weighted by atomic mass is 32.1. The molecule has 0 spiro atoms. The third kappa shape index (κ3) is 1.59. The molecule has 0 fully saturated rings. The van der Waals surface area contributed by atoms with Crippen LogP contribution >= 0.6 is 12.2 Å². The molecule has 0 aromatic heterocycles. The van der Waals surface area contributed by atoms with Crippen molar-refractivity contribution in [3.63, 3.8) is 0 Å². The predicted molar refractivity (Wildman–Crippen MR) is 41.0 cm³/mol. The summed E-state index contributed by atoms with van der Waals surface area (Å²) in [5.74, 6) is 0. The molecule has 1 rings (SSSR count). The van der Waals surface area contributed by atoms with Crippen LogP contribution in [-0.2, 0) is 0 Å². The monoisotopic (exact) mass is 138 g/mol. The zero-order valence-electron chi connectivity index (χ0n) is 5.00. The lowest BCUT2D eigenvalue weighted by Crippen LogP contribution is -2.55. The second-order valence-corrected chi connectivity index (χ2v) is 2.28. The van der Waals surface area contributed by atoms with Crippen LogP contribution in [0.3, 0.4) is 0 Å². The van der Waals surface area contributed by atoms with Crippen molar-refractivity contribution < 1.29 is 5.73 Å². The molecule has 0 unspecified atom stereocenters. The van der Waals surface area contributed by atoms with Crippen LogP contribution in [0, 0.1) is 0 Å². The fourth-order valence-electron chi connectivity index (χ4n) is 0.624. The molecule has 0 aliphatic heterocycles. The molecule has 0 heterocycles. The zero-order chi connectivity index (χ0) is 6.69. The van der Waals surface area contributed by atoms with Crippen LogP contribution in [-0.4, -0.2) is 4.99 Å². The highest BCUT2D eigenvalue weighted by Gasteiger charge is 1.93. The Morgan fingerprint density at radius 2 is 1.78 bits per heavy atom. The summed E-state index contributed by atoms with van der Waals surface area (Å²) in [6.45, 7) is 0. The van der Waals surface area contributed by atoms with E-state index in [2.05, 4.69) is 5.73 Å². The Balaban J connectivity index is 2.98. The fourth-order valence-corrected chi connectivity index (χ4v) is 0.760. The van der Waals surface area contributed by atoms with E-state index in [-0.39, 0.29) is 0 Å². The van der Waals surface area contributed by atoms with E-state index in [4.69, 9.17) is 12.2 Å². The maximum Gasteiger partial charge on any atom is 0.200 e. The van der Waals surface area contributed by atoms with Gasteiger partial charge in [-0.15, -0.1) is 0 Å². The molecule has 0 atom stereocenters. The number of benzene rings is 1. The second-order valence-electron chi connectivity index (χ2n) is 1.79. The summed E-state index contributed by atoms with van der Waals surface area (Å²) in [4.78, 5) is 0.704. The fraction of sp³-hybridized carbons (Fsp3) is 0. The molecule has 9 heavy (non-hydrogen) atoms. The maximum atomic E-state index is 4.85. The predicted octanol–water partition coefficient (Wildman–Crippen LogP) is 0.604. The van der Waals surface area contributed by atoms with Gasteiger partial charge in [0.2, 0.25) is 4.99 Å². The van der Waals surface area contributed by atoms with E-state index in [0.29, 0.717) is 4.99 Å². The molecule has 0 amide bonds. The minimum atomic E-state index is 0.704. The van der Waals surface area contributed by atoms with Crippen molar-refractivity contribution in [1.29, 1.82) is 0 Å². The summed E-state index contributed by atoms with van der Waals surface area (Å²) in [5.41, 5.74) is 4.67. The van der Waals surface area contributed by atoms with E-state index >= 15 is 0 Å². The van der Waals surface area contributed by atoms with Gasteiger partial charge in [0, 0.05) is 5.56 Å². The van der Waals surface area contributed by atoms with E-state index in [1.54, 1.807) is 0 Å². The van der Waals surface area contributed by atoms with Gasteiger partial charge in [-0.3, -0.25) is 0 Å². The van der Waals surface area contributed by atoms with Gasteiger partial charge in [-0.2, -0.15) is 0 Å². The van der Waals surface area contributed by atoms with E-state index in [9.17, 15) is 0 Å².